The summed E-state index contributed by atoms with van der Waals surface area (Å²) < 4.78 is 2.01. The van der Waals surface area contributed by atoms with Gasteiger partial charge >= 0.3 is 0 Å². The number of likely N-dealkylation sites (tertiary alicyclic amines) is 1. The minimum atomic E-state index is 0.160. The molecule has 1 aliphatic heterocycles. The highest BCUT2D eigenvalue weighted by Crippen LogP contribution is 2.47. The number of hydrogen-bond donors (Lipinski definition) is 1. The summed E-state index contributed by atoms with van der Waals surface area (Å²) >= 11 is 0. The standard InChI is InChI=1S/C19H25N5O/c1-11-14(7-8-23(11)2)19(25)24-9-15(12-3-4-12)16(10-24)18-20-17(21-22-18)13-5-6-13/h7-8,12-13,15-16H,3-6,9-10H2,1-2H3,(H,20,21,22)/t15-,16+/m1/s1. The summed E-state index contributed by atoms with van der Waals surface area (Å²) in [5.41, 5.74) is 1.86. The summed E-state index contributed by atoms with van der Waals surface area (Å²) in [5.74, 6) is 4.28. The van der Waals surface area contributed by atoms with Gasteiger partial charge < -0.3 is 9.47 Å². The highest BCUT2D eigenvalue weighted by Gasteiger charge is 2.46. The molecule has 2 aliphatic carbocycles. The van der Waals surface area contributed by atoms with Crippen LogP contribution in [0.1, 0.15) is 65.2 Å². The maximum atomic E-state index is 13.0. The van der Waals surface area contributed by atoms with Crippen LogP contribution in [0, 0.1) is 18.8 Å². The molecule has 0 aromatic carbocycles. The van der Waals surface area contributed by atoms with E-state index in [1.807, 2.05) is 35.7 Å². The molecule has 0 unspecified atom stereocenters. The van der Waals surface area contributed by atoms with E-state index in [4.69, 9.17) is 4.98 Å². The lowest BCUT2D eigenvalue weighted by atomic mass is 9.91. The largest absolute Gasteiger partial charge is 0.354 e. The number of H-pyrrole nitrogens is 1. The molecule has 25 heavy (non-hydrogen) atoms. The molecule has 2 aromatic rings. The maximum absolute atomic E-state index is 13.0. The van der Waals surface area contributed by atoms with Crippen molar-refractivity contribution in [3.8, 4) is 0 Å². The molecule has 2 saturated carbocycles. The zero-order valence-corrected chi connectivity index (χ0v) is 14.9. The van der Waals surface area contributed by atoms with Crippen molar-refractivity contribution in [2.75, 3.05) is 13.1 Å². The van der Waals surface area contributed by atoms with Crippen LogP contribution >= 0.6 is 0 Å². The fourth-order valence-electron chi connectivity index (χ4n) is 4.27. The van der Waals surface area contributed by atoms with E-state index in [1.165, 1.54) is 25.7 Å². The number of nitrogens with zero attached hydrogens (tertiary/aromatic N) is 4. The van der Waals surface area contributed by atoms with Gasteiger partial charge in [0.1, 0.15) is 5.82 Å². The van der Waals surface area contributed by atoms with E-state index < -0.39 is 0 Å². The molecular formula is C19H25N5O. The van der Waals surface area contributed by atoms with Gasteiger partial charge in [0, 0.05) is 43.9 Å². The fourth-order valence-corrected chi connectivity index (χ4v) is 4.27. The predicted molar refractivity (Wildman–Crippen MR) is 93.4 cm³/mol. The van der Waals surface area contributed by atoms with Crippen molar-refractivity contribution in [3.63, 3.8) is 0 Å². The van der Waals surface area contributed by atoms with E-state index in [0.717, 1.165) is 41.9 Å². The van der Waals surface area contributed by atoms with Gasteiger partial charge in [-0.2, -0.15) is 5.10 Å². The normalized spacial score (nSPS) is 26.4. The first-order valence-corrected chi connectivity index (χ1v) is 9.45. The van der Waals surface area contributed by atoms with Crippen LogP contribution in [0.3, 0.4) is 0 Å². The van der Waals surface area contributed by atoms with Gasteiger partial charge in [-0.25, -0.2) is 4.98 Å². The quantitative estimate of drug-likeness (QED) is 0.931. The molecule has 5 rings (SSSR count). The van der Waals surface area contributed by atoms with Crippen LogP contribution in [-0.2, 0) is 7.05 Å². The summed E-state index contributed by atoms with van der Waals surface area (Å²) in [6.45, 7) is 3.62. The van der Waals surface area contributed by atoms with Crippen molar-refractivity contribution in [1.29, 1.82) is 0 Å². The molecule has 3 fully saturated rings. The van der Waals surface area contributed by atoms with Crippen LogP contribution in [0.5, 0.6) is 0 Å². The van der Waals surface area contributed by atoms with E-state index in [-0.39, 0.29) is 5.91 Å². The lowest BCUT2D eigenvalue weighted by Gasteiger charge is -2.16. The van der Waals surface area contributed by atoms with Crippen LogP contribution in [0.15, 0.2) is 12.3 Å². The number of aromatic nitrogens is 4. The molecule has 6 nitrogen and oxygen atoms in total. The van der Waals surface area contributed by atoms with E-state index in [0.29, 0.717) is 17.8 Å². The Labute approximate surface area is 147 Å². The average Bonchev–Trinajstić information content (AvgIpc) is 3.52. The monoisotopic (exact) mass is 339 g/mol. The number of nitrogens with one attached hydrogen (secondary N) is 1. The van der Waals surface area contributed by atoms with Gasteiger partial charge in [-0.15, -0.1) is 0 Å². The van der Waals surface area contributed by atoms with Gasteiger partial charge in [-0.05, 0) is 50.5 Å². The van der Waals surface area contributed by atoms with E-state index in [9.17, 15) is 4.79 Å². The zero-order valence-electron chi connectivity index (χ0n) is 14.9. The fraction of sp³-hybridized carbons (Fsp3) is 0.632. The number of amides is 1. The Morgan fingerprint density at radius 2 is 2.04 bits per heavy atom. The summed E-state index contributed by atoms with van der Waals surface area (Å²) in [4.78, 5) is 19.9. The first-order valence-electron chi connectivity index (χ1n) is 9.45. The lowest BCUT2D eigenvalue weighted by Crippen LogP contribution is -2.29. The average molecular weight is 339 g/mol. The Bertz CT molecular complexity index is 814. The minimum absolute atomic E-state index is 0.160. The highest BCUT2D eigenvalue weighted by molar-refractivity contribution is 5.95. The molecule has 3 heterocycles. The van der Waals surface area contributed by atoms with Gasteiger partial charge in [-0.1, -0.05) is 0 Å². The van der Waals surface area contributed by atoms with E-state index in [1.54, 1.807) is 0 Å². The third kappa shape index (κ3) is 2.58. The van der Waals surface area contributed by atoms with Gasteiger partial charge in [0.05, 0.1) is 5.56 Å². The Hall–Kier alpha value is -2.11. The minimum Gasteiger partial charge on any atom is -0.354 e. The molecule has 0 spiro atoms. The molecule has 3 aliphatic rings. The number of rotatable bonds is 4. The molecule has 132 valence electrons. The van der Waals surface area contributed by atoms with Crippen molar-refractivity contribution >= 4 is 5.91 Å². The van der Waals surface area contributed by atoms with Crippen LogP contribution in [0.4, 0.5) is 0 Å². The molecule has 0 bridgehead atoms. The summed E-state index contributed by atoms with van der Waals surface area (Å²) in [6, 6.07) is 1.94. The highest BCUT2D eigenvalue weighted by atomic mass is 16.2. The number of carbonyl (C=O) groups is 1. The van der Waals surface area contributed by atoms with Crippen molar-refractivity contribution in [1.82, 2.24) is 24.6 Å². The molecule has 1 saturated heterocycles. The summed E-state index contributed by atoms with van der Waals surface area (Å²) in [7, 11) is 1.99. The number of aryl methyl sites for hydroxylation is 1. The zero-order chi connectivity index (χ0) is 17.1. The predicted octanol–water partition coefficient (Wildman–Crippen LogP) is 2.59. The van der Waals surface area contributed by atoms with Crippen molar-refractivity contribution < 1.29 is 4.79 Å². The Morgan fingerprint density at radius 1 is 1.24 bits per heavy atom. The lowest BCUT2D eigenvalue weighted by molar-refractivity contribution is 0.0784. The third-order valence-electron chi connectivity index (χ3n) is 6.31. The van der Waals surface area contributed by atoms with Crippen LogP contribution in [-0.4, -0.2) is 43.6 Å². The molecule has 2 atom stereocenters. The summed E-state index contributed by atoms with van der Waals surface area (Å²) in [6.07, 6.45) is 6.97. The van der Waals surface area contributed by atoms with Crippen LogP contribution < -0.4 is 0 Å². The van der Waals surface area contributed by atoms with Crippen LogP contribution in [0.2, 0.25) is 0 Å². The van der Waals surface area contributed by atoms with Crippen LogP contribution in [0.25, 0.3) is 0 Å². The van der Waals surface area contributed by atoms with Crippen molar-refractivity contribution in [3.05, 3.63) is 35.2 Å². The van der Waals surface area contributed by atoms with Crippen molar-refractivity contribution in [2.24, 2.45) is 18.9 Å². The Kier molecular flexibility index (Phi) is 3.30. The summed E-state index contributed by atoms with van der Waals surface area (Å²) in [5, 5.41) is 7.63. The molecule has 0 radical (unpaired) electrons. The Balaban J connectivity index is 1.39. The second-order valence-electron chi connectivity index (χ2n) is 8.10. The van der Waals surface area contributed by atoms with Gasteiger partial charge in [-0.3, -0.25) is 9.89 Å². The molecule has 6 heteroatoms. The SMILES string of the molecule is Cc1c(C(=O)N2C[C@H](c3nc(C4CC4)n[nH]3)[C@@H](C3CC3)C2)ccn1C. The third-order valence-corrected chi connectivity index (χ3v) is 6.31. The molecule has 1 N–H and O–H groups in total. The number of carbonyl (C=O) groups excluding carboxylic acids is 1. The second-order valence-corrected chi connectivity index (χ2v) is 8.10. The van der Waals surface area contributed by atoms with Gasteiger partial charge in [0.2, 0.25) is 0 Å². The smallest absolute Gasteiger partial charge is 0.255 e. The van der Waals surface area contributed by atoms with E-state index in [2.05, 4.69) is 10.2 Å². The first kappa shape index (κ1) is 15.2. The maximum Gasteiger partial charge on any atom is 0.255 e. The van der Waals surface area contributed by atoms with E-state index >= 15 is 0 Å². The van der Waals surface area contributed by atoms with Gasteiger partial charge in [0.15, 0.2) is 5.82 Å². The Morgan fingerprint density at radius 3 is 2.68 bits per heavy atom. The molecular weight excluding hydrogens is 314 g/mol. The van der Waals surface area contributed by atoms with Gasteiger partial charge in [0.25, 0.3) is 5.91 Å². The molecule has 2 aromatic heterocycles. The first-order chi connectivity index (χ1) is 12.1. The second kappa shape index (κ2) is 5.44. The van der Waals surface area contributed by atoms with Crippen molar-refractivity contribution in [2.45, 2.75) is 44.4 Å². The number of aromatic amines is 1. The molecule has 1 amide bonds. The topological polar surface area (TPSA) is 66.8 Å². The number of hydrogen-bond acceptors (Lipinski definition) is 3.